The Morgan fingerprint density at radius 1 is 1.00 bits per heavy atom. The monoisotopic (exact) mass is 638 g/mol. The van der Waals surface area contributed by atoms with E-state index in [0.29, 0.717) is 4.57 Å². The van der Waals surface area contributed by atoms with Gasteiger partial charge in [-0.1, -0.05) is 0 Å². The van der Waals surface area contributed by atoms with Gasteiger partial charge in [0.15, 0.2) is 36.3 Å². The zero-order valence-electron chi connectivity index (χ0n) is 20.7. The number of nitrogens with one attached hydrogen (secondary N) is 1. The van der Waals surface area contributed by atoms with Crippen LogP contribution in [-0.4, -0.2) is 83.9 Å². The third-order valence-electron chi connectivity index (χ3n) is 6.62. The molecule has 3 fully saturated rings. The second-order valence-electron chi connectivity index (χ2n) is 9.27. The van der Waals surface area contributed by atoms with Gasteiger partial charge in [-0.2, -0.15) is 0 Å². The number of anilines is 1. The molecule has 3 aromatic heterocycles. The van der Waals surface area contributed by atoms with E-state index in [-0.39, 0.29) is 17.0 Å². The molecule has 0 radical (unpaired) electrons. The van der Waals surface area contributed by atoms with Gasteiger partial charge in [-0.05, 0) is 0 Å². The number of phosphoric ester groups is 2. The van der Waals surface area contributed by atoms with Crippen LogP contribution in [0.25, 0.3) is 11.2 Å². The number of rotatable bonds is 2. The first kappa shape index (κ1) is 29.1. The Labute approximate surface area is 231 Å². The Kier molecular flexibility index (Phi) is 7.37. The molecule has 3 aliphatic heterocycles. The standard InChI is InChI=1S/C19H21F2N7O12P2/c20-10-13-7(37-17(10)27-2-1-9(29)26-19(27)30)3-35-42(33,34)40-14-8(4-36-41(31,32)39-13)38-18(11(14)21)28-6-25-12-15(22)23-5-24-16(12)28/h1-2,5-8,10-11,13-14,17-18H,3-4H2,(H,31,32)(H,33,34)(H2,22,23,24)(H,26,29,30)/p-1/t7-,8-,10-,11-,13-,14-,17-,18-/m1/s1. The summed E-state index contributed by atoms with van der Waals surface area (Å²) < 4.78 is 89.0. The molecule has 3 aromatic rings. The molecule has 4 N–H and O–H groups in total. The lowest BCUT2D eigenvalue weighted by Gasteiger charge is -2.31. The summed E-state index contributed by atoms with van der Waals surface area (Å²) in [7, 11) is -10.6. The average molecular weight is 638 g/mol. The Bertz CT molecular complexity index is 1720. The van der Waals surface area contributed by atoms with Gasteiger partial charge in [-0.25, -0.2) is 33.1 Å². The number of hydrogen-bond donors (Lipinski definition) is 3. The summed E-state index contributed by atoms with van der Waals surface area (Å²) >= 11 is 0. The molecule has 228 valence electrons. The normalized spacial score (nSPS) is 39.3. The zero-order chi connectivity index (χ0) is 30.0. The van der Waals surface area contributed by atoms with Crippen LogP contribution in [0.1, 0.15) is 12.5 Å². The van der Waals surface area contributed by atoms with Gasteiger partial charge in [0.1, 0.15) is 36.3 Å². The summed E-state index contributed by atoms with van der Waals surface area (Å²) in [6.45, 7) is -2.03. The van der Waals surface area contributed by atoms with Gasteiger partial charge in [0, 0.05) is 12.3 Å². The highest BCUT2D eigenvalue weighted by atomic mass is 31.2. The minimum Gasteiger partial charge on any atom is -0.756 e. The van der Waals surface area contributed by atoms with E-state index in [1.807, 2.05) is 4.98 Å². The molecule has 3 saturated heterocycles. The van der Waals surface area contributed by atoms with E-state index in [1.54, 1.807) is 0 Å². The van der Waals surface area contributed by atoms with Crippen molar-refractivity contribution in [3.05, 3.63) is 45.8 Å². The highest BCUT2D eigenvalue weighted by Gasteiger charge is 2.54. The first-order chi connectivity index (χ1) is 19.8. The van der Waals surface area contributed by atoms with Crippen molar-refractivity contribution in [2.45, 2.75) is 49.2 Å². The number of nitrogens with zero attached hydrogens (tertiary/aromatic N) is 5. The van der Waals surface area contributed by atoms with Gasteiger partial charge in [0.2, 0.25) is 0 Å². The largest absolute Gasteiger partial charge is 0.756 e. The number of nitrogen functional groups attached to an aromatic ring is 1. The maximum absolute atomic E-state index is 15.7. The highest BCUT2D eigenvalue weighted by molar-refractivity contribution is 7.47. The molecule has 6 heterocycles. The minimum atomic E-state index is -5.43. The first-order valence-corrected chi connectivity index (χ1v) is 14.9. The molecule has 0 saturated carbocycles. The van der Waals surface area contributed by atoms with Crippen molar-refractivity contribution in [3.8, 4) is 0 Å². The molecular formula is C19H20F2N7O12P2-. The van der Waals surface area contributed by atoms with E-state index in [0.717, 1.165) is 29.5 Å². The Morgan fingerprint density at radius 3 is 2.33 bits per heavy atom. The van der Waals surface area contributed by atoms with Gasteiger partial charge in [-0.15, -0.1) is 0 Å². The van der Waals surface area contributed by atoms with Crippen molar-refractivity contribution in [3.63, 3.8) is 0 Å². The number of aromatic amines is 1. The molecule has 0 bridgehead atoms. The molecule has 10 atom stereocenters. The number of aromatic nitrogens is 6. The van der Waals surface area contributed by atoms with Gasteiger partial charge in [0.05, 0.1) is 19.5 Å². The van der Waals surface area contributed by atoms with Crippen molar-refractivity contribution in [2.75, 3.05) is 18.9 Å². The lowest BCUT2D eigenvalue weighted by atomic mass is 10.1. The highest BCUT2D eigenvalue weighted by Crippen LogP contribution is 2.53. The zero-order valence-corrected chi connectivity index (χ0v) is 22.5. The maximum atomic E-state index is 15.7. The fourth-order valence-corrected chi connectivity index (χ4v) is 6.63. The summed E-state index contributed by atoms with van der Waals surface area (Å²) in [6, 6.07) is 0.880. The van der Waals surface area contributed by atoms with Crippen LogP contribution < -0.4 is 21.9 Å². The number of phosphoric acid groups is 2. The number of halogens is 2. The van der Waals surface area contributed by atoms with Crippen molar-refractivity contribution < 1.29 is 55.3 Å². The molecule has 3 aliphatic rings. The second-order valence-corrected chi connectivity index (χ2v) is 12.0. The molecule has 0 aliphatic carbocycles. The molecule has 42 heavy (non-hydrogen) atoms. The number of fused-ring (bicyclic) bond motifs is 3. The van der Waals surface area contributed by atoms with Crippen molar-refractivity contribution in [1.82, 2.24) is 29.1 Å². The first-order valence-electron chi connectivity index (χ1n) is 12.0. The molecule has 0 aromatic carbocycles. The molecular weight excluding hydrogens is 618 g/mol. The summed E-state index contributed by atoms with van der Waals surface area (Å²) in [5.41, 5.74) is 3.99. The van der Waals surface area contributed by atoms with Crippen LogP contribution in [0.5, 0.6) is 0 Å². The molecule has 23 heteroatoms. The predicted molar refractivity (Wildman–Crippen MR) is 128 cm³/mol. The Morgan fingerprint density at radius 2 is 1.64 bits per heavy atom. The van der Waals surface area contributed by atoms with Gasteiger partial charge in [0.25, 0.3) is 13.4 Å². The Hall–Kier alpha value is -2.97. The van der Waals surface area contributed by atoms with Crippen LogP contribution in [0.15, 0.2) is 34.5 Å². The molecule has 2 unspecified atom stereocenters. The van der Waals surface area contributed by atoms with Gasteiger partial charge in [-0.3, -0.25) is 32.5 Å². The van der Waals surface area contributed by atoms with Crippen LogP contribution in [0, 0.1) is 0 Å². The number of H-pyrrole nitrogens is 1. The van der Waals surface area contributed by atoms with Crippen LogP contribution >= 0.6 is 15.6 Å². The average Bonchev–Trinajstić information content (AvgIpc) is 3.57. The molecule has 6 rings (SSSR count). The number of ether oxygens (including phenoxy) is 2. The molecule has 19 nitrogen and oxygen atoms in total. The minimum absolute atomic E-state index is 0.0254. The lowest BCUT2D eigenvalue weighted by molar-refractivity contribution is -0.235. The molecule has 0 spiro atoms. The van der Waals surface area contributed by atoms with Crippen LogP contribution in [0.3, 0.4) is 0 Å². The SMILES string of the molecule is Nc1ncnc2c1ncn2[C@@H]1O[C@@H]2COP(=O)([O-])O[C@H]3[C@@H](F)[C@H](n4ccc(=O)[nH]c4=O)O[C@@H]3COP(=O)(O)O[C@H]2[C@H]1F. The lowest BCUT2D eigenvalue weighted by Crippen LogP contribution is -2.39. The van der Waals surface area contributed by atoms with E-state index in [4.69, 9.17) is 33.3 Å². The third-order valence-corrected chi connectivity index (χ3v) is 8.58. The van der Waals surface area contributed by atoms with E-state index in [2.05, 4.69) is 15.0 Å². The van der Waals surface area contributed by atoms with E-state index < -0.39 is 89.3 Å². The number of hydrogen-bond acceptors (Lipinski definition) is 15. The van der Waals surface area contributed by atoms with Crippen LogP contribution in [-0.2, 0) is 36.7 Å². The summed E-state index contributed by atoms with van der Waals surface area (Å²) in [6.07, 6.45) is -12.4. The van der Waals surface area contributed by atoms with Gasteiger partial charge >= 0.3 is 13.5 Å². The third kappa shape index (κ3) is 5.32. The van der Waals surface area contributed by atoms with Crippen molar-refractivity contribution in [1.29, 1.82) is 0 Å². The number of nitrogens with two attached hydrogens (primary N) is 1. The number of alkyl halides is 2. The van der Waals surface area contributed by atoms with Crippen LogP contribution in [0.4, 0.5) is 14.6 Å². The van der Waals surface area contributed by atoms with Crippen molar-refractivity contribution >= 4 is 32.6 Å². The smallest absolute Gasteiger partial charge is 0.472 e. The summed E-state index contributed by atoms with van der Waals surface area (Å²) in [4.78, 5) is 60.3. The topological polar surface area (TPSA) is 257 Å². The van der Waals surface area contributed by atoms with E-state index in [1.165, 1.54) is 0 Å². The summed E-state index contributed by atoms with van der Waals surface area (Å²) in [5.74, 6) is -0.0254. The Balaban J connectivity index is 1.28. The van der Waals surface area contributed by atoms with Gasteiger partial charge < -0.3 is 34.0 Å². The second kappa shape index (κ2) is 10.6. The fourth-order valence-electron chi connectivity index (χ4n) is 4.74. The van der Waals surface area contributed by atoms with E-state index >= 15 is 8.78 Å². The fraction of sp³-hybridized carbons (Fsp3) is 0.526. The van der Waals surface area contributed by atoms with Crippen LogP contribution in [0.2, 0.25) is 0 Å². The van der Waals surface area contributed by atoms with E-state index in [9.17, 15) is 28.5 Å². The molecule has 0 amide bonds. The van der Waals surface area contributed by atoms with Crippen molar-refractivity contribution in [2.24, 2.45) is 0 Å². The quantitative estimate of drug-likeness (QED) is 0.279. The summed E-state index contributed by atoms with van der Waals surface area (Å²) in [5, 5.41) is 0. The maximum Gasteiger partial charge on any atom is 0.472 e. The predicted octanol–water partition coefficient (Wildman–Crippen LogP) is -1.18. The number of imidazole rings is 1.